The summed E-state index contributed by atoms with van der Waals surface area (Å²) in [5.41, 5.74) is 0.273. The van der Waals surface area contributed by atoms with E-state index in [9.17, 15) is 13.2 Å². The van der Waals surface area contributed by atoms with Gasteiger partial charge in [-0.3, -0.25) is 10.1 Å². The van der Waals surface area contributed by atoms with E-state index < -0.39 is 12.0 Å². The Labute approximate surface area is 110 Å². The lowest BCUT2D eigenvalue weighted by molar-refractivity contribution is -0.144. The second-order valence-corrected chi connectivity index (χ2v) is 3.78. The monoisotopic (exact) mass is 322 g/mol. The van der Waals surface area contributed by atoms with Crippen molar-refractivity contribution in [1.82, 2.24) is 20.2 Å². The summed E-state index contributed by atoms with van der Waals surface area (Å²) >= 11 is 3.16. The number of nitrogens with zero attached hydrogens (tertiary/aromatic N) is 3. The fourth-order valence-electron chi connectivity index (χ4n) is 1.01. The maximum atomic E-state index is 12.2. The number of pyridine rings is 1. The number of aromatic amines is 1. The van der Waals surface area contributed by atoms with Crippen LogP contribution >= 0.6 is 15.9 Å². The maximum absolute atomic E-state index is 12.2. The molecule has 2 aromatic heterocycles. The second-order valence-electron chi connectivity index (χ2n) is 2.87. The number of hydrogen-bond donors (Lipinski definition) is 1. The molecule has 0 radical (unpaired) electrons. The van der Waals surface area contributed by atoms with Crippen molar-refractivity contribution >= 4 is 15.9 Å². The summed E-state index contributed by atoms with van der Waals surface area (Å²) in [6.07, 6.45) is -3.07. The van der Waals surface area contributed by atoms with Gasteiger partial charge in [-0.05, 0) is 28.1 Å². The molecule has 0 unspecified atom stereocenters. The van der Waals surface area contributed by atoms with Gasteiger partial charge >= 0.3 is 6.18 Å². The predicted molar refractivity (Wildman–Crippen MR) is 63.7 cm³/mol. The molecule has 2 heterocycles. The van der Waals surface area contributed by atoms with E-state index in [1.807, 2.05) is 18.9 Å². The quantitative estimate of drug-likeness (QED) is 0.871. The lowest BCUT2D eigenvalue weighted by Crippen LogP contribution is -2.07. The van der Waals surface area contributed by atoms with E-state index in [4.69, 9.17) is 0 Å². The minimum absolute atomic E-state index is 0.0835. The van der Waals surface area contributed by atoms with Crippen LogP contribution in [0.3, 0.4) is 0 Å². The standard InChI is InChI=1S/C8H4BrF3N4.C2H6/c9-4-1-2-5(13-3-4)6-14-7(16-15-6)8(10,11)12;1-2/h1-3H,(H,14,15,16);1-2H3. The molecule has 0 aliphatic carbocycles. The Morgan fingerprint density at radius 1 is 1.22 bits per heavy atom. The number of nitrogens with one attached hydrogen (secondary N) is 1. The van der Waals surface area contributed by atoms with Crippen LogP contribution in [0.2, 0.25) is 0 Å². The Bertz CT molecular complexity index is 493. The third kappa shape index (κ3) is 3.52. The van der Waals surface area contributed by atoms with Crippen molar-refractivity contribution in [3.8, 4) is 11.5 Å². The first-order valence-corrected chi connectivity index (χ1v) is 5.87. The lowest BCUT2D eigenvalue weighted by atomic mass is 10.3. The van der Waals surface area contributed by atoms with Crippen LogP contribution in [0.1, 0.15) is 19.7 Å². The van der Waals surface area contributed by atoms with Gasteiger partial charge in [0.1, 0.15) is 5.69 Å². The molecule has 0 aliphatic heterocycles. The highest BCUT2D eigenvalue weighted by Crippen LogP contribution is 2.27. The topological polar surface area (TPSA) is 54.5 Å². The molecule has 0 amide bonds. The zero-order valence-corrected chi connectivity index (χ0v) is 11.2. The van der Waals surface area contributed by atoms with E-state index in [-0.39, 0.29) is 11.5 Å². The molecule has 0 saturated carbocycles. The van der Waals surface area contributed by atoms with Crippen LogP contribution in [-0.2, 0) is 6.18 Å². The summed E-state index contributed by atoms with van der Waals surface area (Å²) < 4.78 is 37.4. The predicted octanol–water partition coefficient (Wildman–Crippen LogP) is 3.67. The molecule has 18 heavy (non-hydrogen) atoms. The minimum atomic E-state index is -4.53. The lowest BCUT2D eigenvalue weighted by Gasteiger charge is -1.98. The van der Waals surface area contributed by atoms with E-state index in [0.29, 0.717) is 0 Å². The van der Waals surface area contributed by atoms with E-state index in [1.54, 1.807) is 6.07 Å². The van der Waals surface area contributed by atoms with Gasteiger partial charge in [-0.2, -0.15) is 18.3 Å². The van der Waals surface area contributed by atoms with E-state index in [1.165, 1.54) is 12.3 Å². The van der Waals surface area contributed by atoms with Crippen LogP contribution in [0.15, 0.2) is 22.8 Å². The highest BCUT2D eigenvalue weighted by atomic mass is 79.9. The summed E-state index contributed by atoms with van der Waals surface area (Å²) in [7, 11) is 0. The SMILES string of the molecule is CC.FC(F)(F)c1nc(-c2ccc(Br)cn2)n[nH]1. The Kier molecular flexibility index (Phi) is 4.83. The average molecular weight is 323 g/mol. The van der Waals surface area contributed by atoms with Gasteiger partial charge < -0.3 is 0 Å². The molecule has 1 N–H and O–H groups in total. The van der Waals surface area contributed by atoms with Gasteiger partial charge in [-0.1, -0.05) is 13.8 Å². The fraction of sp³-hybridized carbons (Fsp3) is 0.300. The van der Waals surface area contributed by atoms with Crippen molar-refractivity contribution in [3.63, 3.8) is 0 Å². The van der Waals surface area contributed by atoms with Gasteiger partial charge in [0.15, 0.2) is 5.82 Å². The van der Waals surface area contributed by atoms with Gasteiger partial charge in [-0.15, -0.1) is 0 Å². The first-order chi connectivity index (χ1) is 8.47. The molecule has 0 bridgehead atoms. The zero-order chi connectivity index (χ0) is 13.8. The summed E-state index contributed by atoms with van der Waals surface area (Å²) in [4.78, 5) is 7.20. The Morgan fingerprint density at radius 2 is 1.89 bits per heavy atom. The molecule has 2 aromatic rings. The highest BCUT2D eigenvalue weighted by molar-refractivity contribution is 9.10. The molecule has 98 valence electrons. The summed E-state index contributed by atoms with van der Waals surface area (Å²) in [6, 6.07) is 3.17. The van der Waals surface area contributed by atoms with Crippen LogP contribution in [0.4, 0.5) is 13.2 Å². The largest absolute Gasteiger partial charge is 0.451 e. The Balaban J connectivity index is 0.000000771. The number of rotatable bonds is 1. The van der Waals surface area contributed by atoms with Crippen molar-refractivity contribution < 1.29 is 13.2 Å². The third-order valence-corrected chi connectivity index (χ3v) is 2.18. The van der Waals surface area contributed by atoms with Crippen LogP contribution < -0.4 is 0 Å². The molecule has 8 heteroatoms. The summed E-state index contributed by atoms with van der Waals surface area (Å²) in [5.74, 6) is -1.22. The third-order valence-electron chi connectivity index (χ3n) is 1.71. The molecular formula is C10H10BrF3N4. The van der Waals surface area contributed by atoms with Crippen molar-refractivity contribution in [1.29, 1.82) is 0 Å². The normalized spacial score (nSPS) is 10.8. The molecule has 2 rings (SSSR count). The molecule has 0 aliphatic rings. The molecule has 0 saturated heterocycles. The van der Waals surface area contributed by atoms with Crippen LogP contribution in [0.25, 0.3) is 11.5 Å². The number of H-pyrrole nitrogens is 1. The van der Waals surface area contributed by atoms with Crippen molar-refractivity contribution in [2.24, 2.45) is 0 Å². The maximum Gasteiger partial charge on any atom is 0.451 e. The van der Waals surface area contributed by atoms with Gasteiger partial charge in [-0.25, -0.2) is 4.98 Å². The average Bonchev–Trinajstić information content (AvgIpc) is 2.82. The van der Waals surface area contributed by atoms with E-state index >= 15 is 0 Å². The van der Waals surface area contributed by atoms with Gasteiger partial charge in [0, 0.05) is 10.7 Å². The van der Waals surface area contributed by atoms with Crippen molar-refractivity contribution in [2.45, 2.75) is 20.0 Å². The summed E-state index contributed by atoms with van der Waals surface area (Å²) in [6.45, 7) is 4.00. The van der Waals surface area contributed by atoms with Crippen LogP contribution in [0.5, 0.6) is 0 Å². The fourth-order valence-corrected chi connectivity index (χ4v) is 1.25. The van der Waals surface area contributed by atoms with E-state index in [2.05, 4.69) is 31.0 Å². The first kappa shape index (κ1) is 14.6. The van der Waals surface area contributed by atoms with Gasteiger partial charge in [0.25, 0.3) is 0 Å². The molecule has 0 atom stereocenters. The number of alkyl halides is 3. The van der Waals surface area contributed by atoms with Crippen LogP contribution in [0, 0.1) is 0 Å². The number of hydrogen-bond acceptors (Lipinski definition) is 3. The Hall–Kier alpha value is -1.44. The number of halogens is 4. The molecular weight excluding hydrogens is 313 g/mol. The van der Waals surface area contributed by atoms with Gasteiger partial charge in [0.2, 0.25) is 5.82 Å². The minimum Gasteiger partial charge on any atom is -0.255 e. The molecule has 0 spiro atoms. The number of aromatic nitrogens is 4. The zero-order valence-electron chi connectivity index (χ0n) is 9.59. The van der Waals surface area contributed by atoms with Crippen molar-refractivity contribution in [2.75, 3.05) is 0 Å². The van der Waals surface area contributed by atoms with E-state index in [0.717, 1.165) is 4.47 Å². The smallest absolute Gasteiger partial charge is 0.255 e. The van der Waals surface area contributed by atoms with Crippen LogP contribution in [-0.4, -0.2) is 20.2 Å². The summed E-state index contributed by atoms with van der Waals surface area (Å²) in [5, 5.41) is 5.27. The Morgan fingerprint density at radius 3 is 2.33 bits per heavy atom. The molecule has 4 nitrogen and oxygen atoms in total. The molecule has 0 fully saturated rings. The van der Waals surface area contributed by atoms with Crippen molar-refractivity contribution in [3.05, 3.63) is 28.6 Å². The first-order valence-electron chi connectivity index (χ1n) is 5.08. The van der Waals surface area contributed by atoms with Gasteiger partial charge in [0.05, 0.1) is 0 Å². The highest BCUT2D eigenvalue weighted by Gasteiger charge is 2.35. The molecule has 0 aromatic carbocycles. The second kappa shape index (κ2) is 5.94.